The van der Waals surface area contributed by atoms with Gasteiger partial charge in [0.2, 0.25) is 0 Å². The molecule has 4 heteroatoms. The van der Waals surface area contributed by atoms with Crippen LogP contribution in [0, 0.1) is 0 Å². The van der Waals surface area contributed by atoms with Crippen LogP contribution in [0.4, 0.5) is 0 Å². The standard InChI is InChI=1S/2C13H20N.2H2O/c2*1-14(10-6-3-7-11-14)12-13-8-4-2-5-9-13;;/h2*2,4-5,8-9H,3,6-7,10-12H2,1H3;2*1H2/q2*+1;;/p-2. The van der Waals surface area contributed by atoms with E-state index in [0.717, 1.165) is 0 Å². The van der Waals surface area contributed by atoms with E-state index in [1.54, 1.807) is 0 Å². The average molecular weight is 415 g/mol. The Labute approximate surface area is 183 Å². The van der Waals surface area contributed by atoms with Gasteiger partial charge in [-0.2, -0.15) is 0 Å². The maximum atomic E-state index is 2.40. The van der Waals surface area contributed by atoms with Crippen molar-refractivity contribution in [1.82, 2.24) is 0 Å². The lowest BCUT2D eigenvalue weighted by Crippen LogP contribution is -2.46. The molecule has 2 aliphatic rings. The van der Waals surface area contributed by atoms with Gasteiger partial charge in [0.05, 0.1) is 40.3 Å². The van der Waals surface area contributed by atoms with Crippen molar-refractivity contribution in [3.8, 4) is 0 Å². The van der Waals surface area contributed by atoms with Crippen LogP contribution < -0.4 is 0 Å². The first-order valence-electron chi connectivity index (χ1n) is 11.3. The van der Waals surface area contributed by atoms with Crippen molar-refractivity contribution >= 4 is 0 Å². The van der Waals surface area contributed by atoms with Crippen LogP contribution in [0.3, 0.4) is 0 Å². The molecule has 0 atom stereocenters. The van der Waals surface area contributed by atoms with Gasteiger partial charge in [0, 0.05) is 11.1 Å². The summed E-state index contributed by atoms with van der Waals surface area (Å²) in [4.78, 5) is 0. The number of benzene rings is 2. The molecule has 2 fully saturated rings. The van der Waals surface area contributed by atoms with Gasteiger partial charge in [-0.05, 0) is 38.5 Å². The molecular weight excluding hydrogens is 372 g/mol. The lowest BCUT2D eigenvalue weighted by Gasteiger charge is -2.37. The molecule has 0 unspecified atom stereocenters. The minimum Gasteiger partial charge on any atom is -0.870 e. The zero-order valence-electron chi connectivity index (χ0n) is 19.0. The normalized spacial score (nSPS) is 19.3. The van der Waals surface area contributed by atoms with Gasteiger partial charge in [-0.15, -0.1) is 0 Å². The SMILES string of the molecule is C[N+]1(Cc2ccccc2)CCCCC1.C[N+]1(Cc2ccccc2)CCCCC1.[OH-].[OH-]. The summed E-state index contributed by atoms with van der Waals surface area (Å²) in [5.41, 5.74) is 2.97. The number of piperidine rings is 2. The Morgan fingerprint density at radius 1 is 0.500 bits per heavy atom. The minimum atomic E-state index is 0. The predicted molar refractivity (Wildman–Crippen MR) is 124 cm³/mol. The van der Waals surface area contributed by atoms with Crippen LogP contribution >= 0.6 is 0 Å². The third-order valence-corrected chi connectivity index (χ3v) is 6.61. The van der Waals surface area contributed by atoms with E-state index >= 15 is 0 Å². The van der Waals surface area contributed by atoms with Gasteiger partial charge in [-0.3, -0.25) is 0 Å². The Kier molecular flexibility index (Phi) is 11.3. The van der Waals surface area contributed by atoms with E-state index in [0.29, 0.717) is 0 Å². The number of hydrogen-bond donors (Lipinski definition) is 0. The second-order valence-corrected chi connectivity index (χ2v) is 9.54. The van der Waals surface area contributed by atoms with Crippen LogP contribution in [0.25, 0.3) is 0 Å². The van der Waals surface area contributed by atoms with Gasteiger partial charge in [0.25, 0.3) is 0 Å². The predicted octanol–water partition coefficient (Wildman–Crippen LogP) is 5.28. The van der Waals surface area contributed by atoms with Crippen LogP contribution in [0.2, 0.25) is 0 Å². The summed E-state index contributed by atoms with van der Waals surface area (Å²) in [6, 6.07) is 21.8. The highest BCUT2D eigenvalue weighted by atomic mass is 16.0. The van der Waals surface area contributed by atoms with Gasteiger partial charge in [0.15, 0.2) is 0 Å². The lowest BCUT2D eigenvalue weighted by molar-refractivity contribution is -0.926. The van der Waals surface area contributed by atoms with Gasteiger partial charge >= 0.3 is 0 Å². The second-order valence-electron chi connectivity index (χ2n) is 9.54. The van der Waals surface area contributed by atoms with Crippen LogP contribution in [0.5, 0.6) is 0 Å². The van der Waals surface area contributed by atoms with Crippen molar-refractivity contribution in [2.24, 2.45) is 0 Å². The summed E-state index contributed by atoms with van der Waals surface area (Å²) < 4.78 is 2.48. The molecule has 0 aliphatic carbocycles. The molecule has 2 saturated heterocycles. The highest BCUT2D eigenvalue weighted by Crippen LogP contribution is 2.20. The topological polar surface area (TPSA) is 60.0 Å². The molecule has 2 aliphatic heterocycles. The smallest absolute Gasteiger partial charge is 0.104 e. The summed E-state index contributed by atoms with van der Waals surface area (Å²) in [6.45, 7) is 7.84. The van der Waals surface area contributed by atoms with E-state index in [4.69, 9.17) is 0 Å². The molecule has 2 aromatic rings. The molecule has 0 aromatic heterocycles. The van der Waals surface area contributed by atoms with Crippen LogP contribution in [0.1, 0.15) is 49.7 Å². The number of hydrogen-bond acceptors (Lipinski definition) is 2. The van der Waals surface area contributed by atoms with Crippen molar-refractivity contribution in [1.29, 1.82) is 0 Å². The molecular formula is C26H42N2O2. The van der Waals surface area contributed by atoms with Crippen molar-refractivity contribution in [2.75, 3.05) is 40.3 Å². The van der Waals surface area contributed by atoms with Gasteiger partial charge in [-0.25, -0.2) is 0 Å². The molecule has 4 rings (SSSR count). The highest BCUT2D eigenvalue weighted by molar-refractivity contribution is 5.14. The molecule has 30 heavy (non-hydrogen) atoms. The third kappa shape index (κ3) is 8.57. The highest BCUT2D eigenvalue weighted by Gasteiger charge is 2.25. The molecule has 4 nitrogen and oxygen atoms in total. The Balaban J connectivity index is 0.000000281. The molecule has 2 N–H and O–H groups in total. The second kappa shape index (κ2) is 12.9. The minimum absolute atomic E-state index is 0. The summed E-state index contributed by atoms with van der Waals surface area (Å²) in [6.07, 6.45) is 8.49. The van der Waals surface area contributed by atoms with Crippen molar-refractivity contribution < 1.29 is 19.9 Å². The number of nitrogens with zero attached hydrogens (tertiary/aromatic N) is 2. The fraction of sp³-hybridized carbons (Fsp3) is 0.538. The third-order valence-electron chi connectivity index (χ3n) is 6.61. The Bertz CT molecular complexity index is 617. The largest absolute Gasteiger partial charge is 0.870 e. The fourth-order valence-corrected chi connectivity index (χ4v) is 4.92. The molecule has 2 aromatic carbocycles. The Morgan fingerprint density at radius 2 is 0.800 bits per heavy atom. The summed E-state index contributed by atoms with van der Waals surface area (Å²) in [7, 11) is 4.79. The first-order valence-corrected chi connectivity index (χ1v) is 11.3. The maximum Gasteiger partial charge on any atom is 0.104 e. The average Bonchev–Trinajstić information content (AvgIpc) is 2.70. The summed E-state index contributed by atoms with van der Waals surface area (Å²) in [5.74, 6) is 0. The number of quaternary nitrogens is 2. The number of likely N-dealkylation sites (tertiary alicyclic amines) is 2. The van der Waals surface area contributed by atoms with Gasteiger partial charge in [-0.1, -0.05) is 60.7 Å². The van der Waals surface area contributed by atoms with E-state index in [-0.39, 0.29) is 11.0 Å². The van der Waals surface area contributed by atoms with E-state index < -0.39 is 0 Å². The molecule has 168 valence electrons. The Morgan fingerprint density at radius 3 is 1.10 bits per heavy atom. The fourth-order valence-electron chi connectivity index (χ4n) is 4.92. The van der Waals surface area contributed by atoms with Gasteiger partial charge < -0.3 is 19.9 Å². The summed E-state index contributed by atoms with van der Waals surface area (Å²) >= 11 is 0. The van der Waals surface area contributed by atoms with E-state index in [1.165, 1.54) is 97.9 Å². The number of rotatable bonds is 4. The lowest BCUT2D eigenvalue weighted by atomic mass is 10.1. The van der Waals surface area contributed by atoms with Crippen molar-refractivity contribution in [2.45, 2.75) is 51.6 Å². The van der Waals surface area contributed by atoms with Gasteiger partial charge in [0.1, 0.15) is 13.1 Å². The molecule has 0 radical (unpaired) electrons. The summed E-state index contributed by atoms with van der Waals surface area (Å²) in [5, 5.41) is 0. The quantitative estimate of drug-likeness (QED) is 0.639. The van der Waals surface area contributed by atoms with Crippen molar-refractivity contribution in [3.63, 3.8) is 0 Å². The zero-order chi connectivity index (χ0) is 19.7. The first-order chi connectivity index (χ1) is 13.6. The zero-order valence-corrected chi connectivity index (χ0v) is 19.0. The molecule has 0 amide bonds. The van der Waals surface area contributed by atoms with Crippen LogP contribution in [-0.2, 0) is 13.1 Å². The molecule has 2 heterocycles. The molecule has 0 saturated carbocycles. The maximum absolute atomic E-state index is 2.40. The van der Waals surface area contributed by atoms with E-state index in [9.17, 15) is 0 Å². The van der Waals surface area contributed by atoms with E-state index in [1.807, 2.05) is 0 Å². The Hall–Kier alpha value is -1.72. The monoisotopic (exact) mass is 414 g/mol. The molecule has 0 bridgehead atoms. The van der Waals surface area contributed by atoms with E-state index in [2.05, 4.69) is 74.8 Å². The molecule has 0 spiro atoms. The van der Waals surface area contributed by atoms with Crippen molar-refractivity contribution in [3.05, 3.63) is 71.8 Å². The van der Waals surface area contributed by atoms with Crippen LogP contribution in [0.15, 0.2) is 60.7 Å². The van der Waals surface area contributed by atoms with Crippen LogP contribution in [-0.4, -0.2) is 60.2 Å². The first kappa shape index (κ1) is 26.3.